The van der Waals surface area contributed by atoms with Crippen LogP contribution >= 0.6 is 11.3 Å². The van der Waals surface area contributed by atoms with Crippen LogP contribution in [0.15, 0.2) is 72.3 Å². The van der Waals surface area contributed by atoms with Gasteiger partial charge in [-0.05, 0) is 72.2 Å². The number of carbonyl (C=O) groups excluding carboxylic acids is 3. The highest BCUT2D eigenvalue weighted by molar-refractivity contribution is 7.21. The van der Waals surface area contributed by atoms with Crippen molar-refractivity contribution in [2.75, 3.05) is 18.8 Å². The highest BCUT2D eigenvalue weighted by atomic mass is 32.1. The number of ether oxygens (including phenoxy) is 1. The number of para-hydroxylation sites is 1. The third kappa shape index (κ3) is 6.19. The average Bonchev–Trinajstić information content (AvgIpc) is 3.48. The Labute approximate surface area is 289 Å². The molecule has 2 unspecified atom stereocenters. The number of nitrogens with one attached hydrogen (secondary N) is 1. The lowest BCUT2D eigenvalue weighted by atomic mass is 9.69. The second-order valence-corrected chi connectivity index (χ2v) is 14.9. The number of benzene rings is 3. The number of hydrogen-bond donors (Lipinski definition) is 4. The van der Waals surface area contributed by atoms with E-state index in [-0.39, 0.29) is 28.8 Å². The molecule has 10 nitrogen and oxygen atoms in total. The number of nitriles is 1. The van der Waals surface area contributed by atoms with Crippen LogP contribution in [0.3, 0.4) is 0 Å². The van der Waals surface area contributed by atoms with E-state index in [1.165, 1.54) is 11.3 Å². The molecule has 1 aromatic heterocycles. The number of rotatable bonds is 6. The lowest BCUT2D eigenvalue weighted by Crippen LogP contribution is -2.53. The summed E-state index contributed by atoms with van der Waals surface area (Å²) in [5.74, 6) is 0.192. The number of piperidine rings is 1. The summed E-state index contributed by atoms with van der Waals surface area (Å²) in [6, 6.07) is 18.9. The van der Waals surface area contributed by atoms with Crippen molar-refractivity contribution in [2.24, 2.45) is 16.9 Å². The molecule has 7 N–H and O–H groups in total. The molecule has 2 atom stereocenters. The molecule has 11 heteroatoms. The van der Waals surface area contributed by atoms with E-state index in [0.717, 1.165) is 5.56 Å². The summed E-state index contributed by atoms with van der Waals surface area (Å²) >= 11 is 1.20. The summed E-state index contributed by atoms with van der Waals surface area (Å²) < 4.78 is 6.66. The Bertz CT molecular complexity index is 2050. The molecule has 1 fully saturated rings. The molecule has 0 saturated carbocycles. The van der Waals surface area contributed by atoms with Crippen LogP contribution in [0.1, 0.15) is 71.6 Å². The van der Waals surface area contributed by atoms with Gasteiger partial charge in [0, 0.05) is 35.8 Å². The van der Waals surface area contributed by atoms with E-state index in [1.807, 2.05) is 70.2 Å². The fourth-order valence-electron chi connectivity index (χ4n) is 6.82. The third-order valence-corrected chi connectivity index (χ3v) is 10.4. The lowest BCUT2D eigenvalue weighted by molar-refractivity contribution is -0.128. The first-order valence-corrected chi connectivity index (χ1v) is 17.1. The maximum Gasteiger partial charge on any atom is 0.264 e. The molecule has 49 heavy (non-hydrogen) atoms. The van der Waals surface area contributed by atoms with E-state index >= 15 is 0 Å². The molecule has 252 valence electrons. The molecule has 3 aromatic carbocycles. The number of anilines is 1. The highest BCUT2D eigenvalue weighted by Crippen LogP contribution is 2.50. The zero-order valence-electron chi connectivity index (χ0n) is 28.0. The zero-order valence-corrected chi connectivity index (χ0v) is 28.8. The molecule has 1 aliphatic carbocycles. The topological polar surface area (TPSA) is 178 Å². The number of Topliss-reactive ketones (excluding diaryl/α,β-unsaturated/α-hetero) is 1. The minimum atomic E-state index is -1.59. The van der Waals surface area contributed by atoms with Gasteiger partial charge in [0.05, 0.1) is 15.6 Å². The van der Waals surface area contributed by atoms with E-state index in [1.54, 1.807) is 35.2 Å². The minimum absolute atomic E-state index is 0.119. The van der Waals surface area contributed by atoms with Crippen LogP contribution in [-0.2, 0) is 15.1 Å². The Hall–Kier alpha value is -5.02. The van der Waals surface area contributed by atoms with Crippen molar-refractivity contribution in [3.05, 3.63) is 99.4 Å². The molecule has 2 aliphatic rings. The van der Waals surface area contributed by atoms with Crippen LogP contribution < -0.4 is 27.3 Å². The van der Waals surface area contributed by atoms with Crippen molar-refractivity contribution in [3.63, 3.8) is 0 Å². The van der Waals surface area contributed by atoms with Gasteiger partial charge in [0.15, 0.2) is 5.78 Å². The molecule has 0 radical (unpaired) electrons. The SMILES string of the molecule is Cc1cc(Oc2ccccc2)ccc1C1(N)C(=O)C(N)c2c(C(=O)NC3CCN(C(=O)/C(C#N)=C/C(C)(C)C)CC3)sc3c(N)ccc1c23. The van der Waals surface area contributed by atoms with Gasteiger partial charge in [-0.1, -0.05) is 57.2 Å². The molecular formula is C38H40N6O4S. The van der Waals surface area contributed by atoms with Crippen LogP contribution in [0.4, 0.5) is 5.69 Å². The van der Waals surface area contributed by atoms with Gasteiger partial charge in [0.1, 0.15) is 28.7 Å². The van der Waals surface area contributed by atoms with Crippen molar-refractivity contribution in [3.8, 4) is 17.6 Å². The Morgan fingerprint density at radius 3 is 2.37 bits per heavy atom. The number of nitrogens with zero attached hydrogens (tertiary/aromatic N) is 2. The standard InChI is InChI=1S/C38H40N6O4S/c1-21-18-25(48-24-8-6-5-7-9-24)10-11-26(21)38(42)27-12-13-28(40)32-29(27)30(31(41)34(38)45)33(49-32)35(46)43-23-14-16-44(17-15-23)36(47)22(20-39)19-37(2,3)4/h5-13,18-19,23,31H,14-17,40-42H2,1-4H3,(H,43,46)/b22-19+. The number of likely N-dealkylation sites (tertiary alicyclic amines) is 1. The first-order valence-electron chi connectivity index (χ1n) is 16.2. The highest BCUT2D eigenvalue weighted by Gasteiger charge is 2.49. The fraction of sp³-hybridized carbons (Fsp3) is 0.316. The third-order valence-electron chi connectivity index (χ3n) is 9.17. The van der Waals surface area contributed by atoms with Crippen LogP contribution in [0.25, 0.3) is 10.1 Å². The molecule has 1 saturated heterocycles. The summed E-state index contributed by atoms with van der Waals surface area (Å²) in [6.07, 6.45) is 2.71. The first-order chi connectivity index (χ1) is 23.2. The van der Waals surface area contributed by atoms with Gasteiger partial charge in [-0.15, -0.1) is 11.3 Å². The first kappa shape index (κ1) is 33.9. The van der Waals surface area contributed by atoms with Gasteiger partial charge in [0.2, 0.25) is 0 Å². The van der Waals surface area contributed by atoms with Gasteiger partial charge in [-0.2, -0.15) is 5.26 Å². The molecular weight excluding hydrogens is 637 g/mol. The van der Waals surface area contributed by atoms with Crippen molar-refractivity contribution in [1.82, 2.24) is 10.2 Å². The Kier molecular flexibility index (Phi) is 8.83. The largest absolute Gasteiger partial charge is 0.457 e. The maximum atomic E-state index is 14.3. The van der Waals surface area contributed by atoms with Crippen LogP contribution in [0.2, 0.25) is 0 Å². The average molecular weight is 677 g/mol. The molecule has 0 bridgehead atoms. The minimum Gasteiger partial charge on any atom is -0.457 e. The number of hydrogen-bond acceptors (Lipinski definition) is 9. The van der Waals surface area contributed by atoms with Gasteiger partial charge in [-0.3, -0.25) is 14.4 Å². The number of ketones is 1. The van der Waals surface area contributed by atoms with Crippen LogP contribution in [0, 0.1) is 23.7 Å². The Balaban J connectivity index is 1.28. The fourth-order valence-corrected chi connectivity index (χ4v) is 8.02. The second kappa shape index (κ2) is 12.8. The number of nitrogen functional groups attached to an aromatic ring is 1. The molecule has 1 aliphatic heterocycles. The van der Waals surface area contributed by atoms with Gasteiger partial charge >= 0.3 is 0 Å². The quantitative estimate of drug-likeness (QED) is 0.116. The molecule has 2 heterocycles. The van der Waals surface area contributed by atoms with Crippen LogP contribution in [-0.4, -0.2) is 41.6 Å². The second-order valence-electron chi connectivity index (χ2n) is 13.9. The summed E-state index contributed by atoms with van der Waals surface area (Å²) in [5, 5.41) is 13.3. The Morgan fingerprint density at radius 2 is 1.73 bits per heavy atom. The molecule has 6 rings (SSSR count). The molecule has 4 aromatic rings. The summed E-state index contributed by atoms with van der Waals surface area (Å²) in [6.45, 7) is 8.47. The summed E-state index contributed by atoms with van der Waals surface area (Å²) in [7, 11) is 0. The number of aryl methyl sites for hydroxylation is 1. The predicted molar refractivity (Wildman–Crippen MR) is 191 cm³/mol. The number of allylic oxidation sites excluding steroid dienone is 1. The monoisotopic (exact) mass is 676 g/mol. The van der Waals surface area contributed by atoms with E-state index in [4.69, 9.17) is 21.9 Å². The van der Waals surface area contributed by atoms with Crippen molar-refractivity contribution < 1.29 is 19.1 Å². The van der Waals surface area contributed by atoms with Crippen LogP contribution in [0.5, 0.6) is 11.5 Å². The number of amides is 2. The summed E-state index contributed by atoms with van der Waals surface area (Å²) in [5.41, 5.74) is 21.2. The Morgan fingerprint density at radius 1 is 1.06 bits per heavy atom. The zero-order chi connectivity index (χ0) is 35.2. The lowest BCUT2D eigenvalue weighted by Gasteiger charge is -2.37. The normalized spacial score (nSPS) is 19.9. The molecule has 0 spiro atoms. The van der Waals surface area contributed by atoms with Crippen molar-refractivity contribution in [2.45, 2.75) is 58.2 Å². The summed E-state index contributed by atoms with van der Waals surface area (Å²) in [4.78, 5) is 43.2. The van der Waals surface area contributed by atoms with Crippen molar-refractivity contribution >= 4 is 44.7 Å². The number of thiophene rings is 1. The number of carbonyl (C=O) groups is 3. The van der Waals surface area contributed by atoms with Gasteiger partial charge < -0.3 is 32.2 Å². The van der Waals surface area contributed by atoms with Gasteiger partial charge in [-0.25, -0.2) is 0 Å². The van der Waals surface area contributed by atoms with Crippen molar-refractivity contribution in [1.29, 1.82) is 5.26 Å². The van der Waals surface area contributed by atoms with E-state index < -0.39 is 17.4 Å². The number of nitrogens with two attached hydrogens (primary N) is 3. The van der Waals surface area contributed by atoms with E-state index in [9.17, 15) is 19.6 Å². The molecule has 2 amide bonds. The van der Waals surface area contributed by atoms with E-state index in [0.29, 0.717) is 74.8 Å². The van der Waals surface area contributed by atoms with Gasteiger partial charge in [0.25, 0.3) is 11.8 Å². The maximum absolute atomic E-state index is 14.3. The smallest absolute Gasteiger partial charge is 0.264 e. The predicted octanol–water partition coefficient (Wildman–Crippen LogP) is 5.59. The van der Waals surface area contributed by atoms with E-state index in [2.05, 4.69) is 5.32 Å².